The van der Waals surface area contributed by atoms with Gasteiger partial charge in [-0.25, -0.2) is 4.98 Å². The summed E-state index contributed by atoms with van der Waals surface area (Å²) in [7, 11) is 0. The number of benzene rings is 1. The molecule has 0 saturated heterocycles. The van der Waals surface area contributed by atoms with Crippen molar-refractivity contribution >= 4 is 17.4 Å². The van der Waals surface area contributed by atoms with E-state index < -0.39 is 0 Å². The Balaban J connectivity index is 2.54. The molecule has 0 fully saturated rings. The van der Waals surface area contributed by atoms with E-state index in [0.29, 0.717) is 10.8 Å². The molecule has 0 radical (unpaired) electrons. The second-order valence-electron chi connectivity index (χ2n) is 3.43. The van der Waals surface area contributed by atoms with Crippen molar-refractivity contribution in [1.29, 1.82) is 0 Å². The van der Waals surface area contributed by atoms with Crippen molar-refractivity contribution < 1.29 is 0 Å². The highest BCUT2D eigenvalue weighted by Crippen LogP contribution is 2.27. The highest BCUT2D eigenvalue weighted by Gasteiger charge is 2.04. The molecule has 1 heterocycles. The summed E-state index contributed by atoms with van der Waals surface area (Å²) in [5.41, 5.74) is 8.47. The van der Waals surface area contributed by atoms with Gasteiger partial charge < -0.3 is 5.73 Å². The molecule has 0 unspecified atom stereocenters. The number of hydrogen-bond acceptors (Lipinski definition) is 2. The second-order valence-corrected chi connectivity index (χ2v) is 3.84. The van der Waals surface area contributed by atoms with Gasteiger partial charge in [0.2, 0.25) is 0 Å². The van der Waals surface area contributed by atoms with E-state index in [9.17, 15) is 0 Å². The highest BCUT2D eigenvalue weighted by molar-refractivity contribution is 6.33. The summed E-state index contributed by atoms with van der Waals surface area (Å²) in [5.74, 6) is 0.504. The molecule has 0 aliphatic rings. The molecule has 1 aromatic heterocycles. The largest absolute Gasteiger partial charge is 0.384 e. The maximum absolute atomic E-state index is 6.14. The van der Waals surface area contributed by atoms with Gasteiger partial charge in [0.25, 0.3) is 0 Å². The quantitative estimate of drug-likeness (QED) is 0.798. The van der Waals surface area contributed by atoms with Crippen LogP contribution in [0.25, 0.3) is 11.3 Å². The van der Waals surface area contributed by atoms with E-state index >= 15 is 0 Å². The van der Waals surface area contributed by atoms with Crippen molar-refractivity contribution in [3.8, 4) is 11.3 Å². The first-order chi connectivity index (χ1) is 7.16. The predicted octanol–water partition coefficient (Wildman–Crippen LogP) is 3.29. The van der Waals surface area contributed by atoms with E-state index in [1.807, 2.05) is 37.3 Å². The van der Waals surface area contributed by atoms with E-state index in [-0.39, 0.29) is 0 Å². The van der Waals surface area contributed by atoms with Gasteiger partial charge in [-0.15, -0.1) is 0 Å². The van der Waals surface area contributed by atoms with Gasteiger partial charge in [-0.2, -0.15) is 0 Å². The monoisotopic (exact) mass is 218 g/mol. The van der Waals surface area contributed by atoms with Gasteiger partial charge in [-0.3, -0.25) is 0 Å². The van der Waals surface area contributed by atoms with Crippen LogP contribution in [0.15, 0.2) is 36.4 Å². The molecule has 0 aliphatic carbocycles. The molecule has 2 rings (SSSR count). The topological polar surface area (TPSA) is 38.9 Å². The third-order valence-corrected chi connectivity index (χ3v) is 2.48. The Kier molecular flexibility index (Phi) is 2.60. The molecule has 0 saturated carbocycles. The number of halogens is 1. The molecule has 0 amide bonds. The van der Waals surface area contributed by atoms with Crippen molar-refractivity contribution in [2.75, 3.05) is 5.73 Å². The fourth-order valence-corrected chi connectivity index (χ4v) is 1.76. The number of aryl methyl sites for hydroxylation is 1. The van der Waals surface area contributed by atoms with Crippen LogP contribution in [0.3, 0.4) is 0 Å². The lowest BCUT2D eigenvalue weighted by Crippen LogP contribution is -1.91. The van der Waals surface area contributed by atoms with Crippen molar-refractivity contribution in [2.24, 2.45) is 0 Å². The summed E-state index contributed by atoms with van der Waals surface area (Å²) in [5, 5.41) is 0.702. The van der Waals surface area contributed by atoms with Gasteiger partial charge in [-0.05, 0) is 30.7 Å². The highest BCUT2D eigenvalue weighted by atomic mass is 35.5. The summed E-state index contributed by atoms with van der Waals surface area (Å²) >= 11 is 6.14. The maximum Gasteiger partial charge on any atom is 0.124 e. The van der Waals surface area contributed by atoms with Crippen molar-refractivity contribution in [2.45, 2.75) is 6.92 Å². The minimum Gasteiger partial charge on any atom is -0.384 e. The number of anilines is 1. The van der Waals surface area contributed by atoms with E-state index in [1.54, 1.807) is 6.07 Å². The van der Waals surface area contributed by atoms with Gasteiger partial charge in [0.05, 0.1) is 10.7 Å². The first-order valence-corrected chi connectivity index (χ1v) is 5.03. The lowest BCUT2D eigenvalue weighted by molar-refractivity contribution is 1.33. The van der Waals surface area contributed by atoms with Gasteiger partial charge in [0, 0.05) is 5.56 Å². The van der Waals surface area contributed by atoms with Crippen LogP contribution >= 0.6 is 11.6 Å². The number of aromatic nitrogens is 1. The van der Waals surface area contributed by atoms with E-state index in [1.165, 1.54) is 0 Å². The molecule has 2 nitrogen and oxygen atoms in total. The Bertz CT molecular complexity index is 495. The van der Waals surface area contributed by atoms with Crippen LogP contribution in [0.1, 0.15) is 5.56 Å². The van der Waals surface area contributed by atoms with Crippen LogP contribution in [0.2, 0.25) is 5.02 Å². The molecule has 0 aliphatic heterocycles. The molecular formula is C12H11ClN2. The molecular weight excluding hydrogens is 208 g/mol. The molecule has 0 bridgehead atoms. The van der Waals surface area contributed by atoms with Crippen LogP contribution < -0.4 is 5.73 Å². The zero-order valence-electron chi connectivity index (χ0n) is 8.37. The lowest BCUT2D eigenvalue weighted by atomic mass is 10.1. The molecule has 2 N–H and O–H groups in total. The summed E-state index contributed by atoms with van der Waals surface area (Å²) in [6.45, 7) is 2.00. The molecule has 1 aromatic carbocycles. The second kappa shape index (κ2) is 3.91. The summed E-state index contributed by atoms with van der Waals surface area (Å²) in [6, 6.07) is 11.4. The van der Waals surface area contributed by atoms with E-state index in [0.717, 1.165) is 16.8 Å². The maximum atomic E-state index is 6.14. The van der Waals surface area contributed by atoms with Crippen molar-refractivity contribution in [3.63, 3.8) is 0 Å². The Hall–Kier alpha value is -1.54. The fraction of sp³-hybridized carbons (Fsp3) is 0.0833. The zero-order valence-corrected chi connectivity index (χ0v) is 9.12. The normalized spacial score (nSPS) is 10.3. The Labute approximate surface area is 93.7 Å². The van der Waals surface area contributed by atoms with Gasteiger partial charge >= 0.3 is 0 Å². The van der Waals surface area contributed by atoms with Crippen molar-refractivity contribution in [3.05, 3.63) is 47.0 Å². The van der Waals surface area contributed by atoms with Gasteiger partial charge in [0.15, 0.2) is 0 Å². The average Bonchev–Trinajstić information content (AvgIpc) is 2.17. The third-order valence-electron chi connectivity index (χ3n) is 2.17. The minimum absolute atomic E-state index is 0.504. The molecule has 76 valence electrons. The Morgan fingerprint density at radius 1 is 1.20 bits per heavy atom. The lowest BCUT2D eigenvalue weighted by Gasteiger charge is -2.05. The molecule has 0 atom stereocenters. The SMILES string of the molecule is Cc1ccc(-c2cccc(N)n2)c(Cl)c1. The predicted molar refractivity (Wildman–Crippen MR) is 63.8 cm³/mol. The first-order valence-electron chi connectivity index (χ1n) is 4.66. The molecule has 15 heavy (non-hydrogen) atoms. The van der Waals surface area contributed by atoms with Crippen LogP contribution in [-0.4, -0.2) is 4.98 Å². The molecule has 2 aromatic rings. The third kappa shape index (κ3) is 2.10. The van der Waals surface area contributed by atoms with Gasteiger partial charge in [-0.1, -0.05) is 29.8 Å². The van der Waals surface area contributed by atoms with Crippen LogP contribution in [0.5, 0.6) is 0 Å². The smallest absolute Gasteiger partial charge is 0.124 e. The zero-order chi connectivity index (χ0) is 10.8. The number of pyridine rings is 1. The number of nitrogen functional groups attached to an aromatic ring is 1. The molecule has 0 spiro atoms. The Morgan fingerprint density at radius 2 is 2.00 bits per heavy atom. The van der Waals surface area contributed by atoms with Gasteiger partial charge in [0.1, 0.15) is 5.82 Å². The van der Waals surface area contributed by atoms with Crippen LogP contribution in [-0.2, 0) is 0 Å². The molecule has 3 heteroatoms. The number of nitrogens with zero attached hydrogens (tertiary/aromatic N) is 1. The Morgan fingerprint density at radius 3 is 2.67 bits per heavy atom. The first kappa shape index (κ1) is 9.99. The number of hydrogen-bond donors (Lipinski definition) is 1. The van der Waals surface area contributed by atoms with E-state index in [2.05, 4.69) is 4.98 Å². The van der Waals surface area contributed by atoms with Crippen LogP contribution in [0.4, 0.5) is 5.82 Å². The summed E-state index contributed by atoms with van der Waals surface area (Å²) in [4.78, 5) is 4.23. The number of nitrogens with two attached hydrogens (primary N) is 1. The van der Waals surface area contributed by atoms with Crippen molar-refractivity contribution in [1.82, 2.24) is 4.98 Å². The van der Waals surface area contributed by atoms with E-state index in [4.69, 9.17) is 17.3 Å². The summed E-state index contributed by atoms with van der Waals surface area (Å²) in [6.07, 6.45) is 0. The van der Waals surface area contributed by atoms with Crippen LogP contribution in [0, 0.1) is 6.92 Å². The standard InChI is InChI=1S/C12H11ClN2/c1-8-5-6-9(10(13)7-8)11-3-2-4-12(14)15-11/h2-7H,1H3,(H2,14,15). The number of rotatable bonds is 1. The minimum atomic E-state index is 0.504. The average molecular weight is 219 g/mol. The summed E-state index contributed by atoms with van der Waals surface area (Å²) < 4.78 is 0. The fourth-order valence-electron chi connectivity index (χ4n) is 1.43.